The Bertz CT molecular complexity index is 1660. The Kier molecular flexibility index (Phi) is 11.5. The molecule has 2 aliphatic rings. The Morgan fingerprint density at radius 1 is 0.878 bits per heavy atom. The maximum absolute atomic E-state index is 6.53. The predicted octanol–water partition coefficient (Wildman–Crippen LogP) is 7.68. The molecule has 2 unspecified atom stereocenters. The zero-order valence-electron chi connectivity index (χ0n) is 29.9. The molecular weight excluding hydrogens is 711 g/mol. The molecule has 260 valence electrons. The van der Waals surface area contributed by atoms with Crippen LogP contribution >= 0.6 is 15.9 Å². The molecule has 0 saturated carbocycles. The summed E-state index contributed by atoms with van der Waals surface area (Å²) in [4.78, 5) is 14.4. The number of hydrogen-bond donors (Lipinski definition) is 0. The van der Waals surface area contributed by atoms with Gasteiger partial charge >= 0.3 is 0 Å². The molecule has 9 nitrogen and oxygen atoms in total. The summed E-state index contributed by atoms with van der Waals surface area (Å²) in [5.74, 6) is 1.08. The predicted molar refractivity (Wildman–Crippen MR) is 208 cm³/mol. The van der Waals surface area contributed by atoms with Gasteiger partial charge in [0.05, 0.1) is 35.3 Å². The summed E-state index contributed by atoms with van der Waals surface area (Å²) in [7, 11) is 4.01. The van der Waals surface area contributed by atoms with Crippen molar-refractivity contribution in [2.24, 2.45) is 0 Å². The highest BCUT2D eigenvalue weighted by Crippen LogP contribution is 2.43. The number of fused-ring (bicyclic) bond motifs is 3. The van der Waals surface area contributed by atoms with Crippen molar-refractivity contribution in [1.29, 1.82) is 0 Å². The molecule has 3 aromatic heterocycles. The lowest BCUT2D eigenvalue weighted by molar-refractivity contribution is -0.0358. The van der Waals surface area contributed by atoms with Crippen LogP contribution in [0.25, 0.3) is 28.0 Å². The molecule has 0 N–H and O–H groups in total. The van der Waals surface area contributed by atoms with Gasteiger partial charge in [-0.05, 0) is 46.9 Å². The third-order valence-electron chi connectivity index (χ3n) is 9.49. The van der Waals surface area contributed by atoms with E-state index in [0.29, 0.717) is 39.9 Å². The molecule has 0 spiro atoms. The van der Waals surface area contributed by atoms with Crippen molar-refractivity contribution in [3.8, 4) is 22.4 Å². The van der Waals surface area contributed by atoms with Crippen molar-refractivity contribution < 1.29 is 14.2 Å². The number of hydrogen-bond acceptors (Lipinski definition) is 8. The Morgan fingerprint density at radius 2 is 1.51 bits per heavy atom. The third-order valence-corrected chi connectivity index (χ3v) is 13.7. The third kappa shape index (κ3) is 8.92. The van der Waals surface area contributed by atoms with Gasteiger partial charge < -0.3 is 23.9 Å². The number of anilines is 1. The Labute approximate surface area is 303 Å². The smallest absolute Gasteiger partial charge is 0.183 e. The van der Waals surface area contributed by atoms with Crippen LogP contribution in [0, 0.1) is 0 Å². The van der Waals surface area contributed by atoms with E-state index in [9.17, 15) is 0 Å². The van der Waals surface area contributed by atoms with Crippen molar-refractivity contribution in [2.45, 2.75) is 82.2 Å². The number of benzene rings is 1. The quantitative estimate of drug-likeness (QED) is 0.0737. The maximum Gasteiger partial charge on any atom is 0.183 e. The molecule has 2 atom stereocenters. The van der Waals surface area contributed by atoms with Crippen molar-refractivity contribution in [2.75, 3.05) is 44.8 Å². The SMILES string of the molecule is [B]N1C2COCC1CC(c1nc3c(-c4ccc(-c5ccccc5)nc4)cnn3c(N(COCC[Si](C)(C)C)COCC[Si](C)(C)C)c1Br)C2. The molecule has 6 rings (SSSR count). The Hall–Kier alpha value is -2.39. The number of piperidine rings is 1. The van der Waals surface area contributed by atoms with Crippen LogP contribution in [0.15, 0.2) is 59.3 Å². The second-order valence-electron chi connectivity index (χ2n) is 15.9. The van der Waals surface area contributed by atoms with E-state index in [1.807, 2.05) is 39.9 Å². The summed E-state index contributed by atoms with van der Waals surface area (Å²) in [6.07, 6.45) is 5.56. The fourth-order valence-electron chi connectivity index (χ4n) is 6.49. The van der Waals surface area contributed by atoms with E-state index in [4.69, 9.17) is 37.3 Å². The molecule has 2 aliphatic heterocycles. The van der Waals surface area contributed by atoms with Gasteiger partial charge in [-0.2, -0.15) is 9.61 Å². The number of nitrogens with zero attached hydrogens (tertiary/aromatic N) is 6. The van der Waals surface area contributed by atoms with E-state index in [1.165, 1.54) is 0 Å². The average molecular weight is 762 g/mol. The molecule has 4 aromatic rings. The Balaban J connectivity index is 1.41. The lowest BCUT2D eigenvalue weighted by atomic mass is 9.81. The van der Waals surface area contributed by atoms with E-state index in [1.54, 1.807) is 0 Å². The van der Waals surface area contributed by atoms with E-state index in [2.05, 4.69) is 84.4 Å². The molecule has 1 aromatic carbocycles. The molecule has 0 aliphatic carbocycles. The zero-order valence-corrected chi connectivity index (χ0v) is 33.4. The number of morpholine rings is 1. The minimum atomic E-state index is -1.26. The second kappa shape index (κ2) is 15.5. The van der Waals surface area contributed by atoms with Gasteiger partial charge in [-0.1, -0.05) is 75.7 Å². The summed E-state index contributed by atoms with van der Waals surface area (Å²) in [5, 5.41) is 4.96. The van der Waals surface area contributed by atoms with Crippen LogP contribution in [0.5, 0.6) is 0 Å². The van der Waals surface area contributed by atoms with Gasteiger partial charge in [-0.25, -0.2) is 4.98 Å². The highest BCUT2D eigenvalue weighted by atomic mass is 79.9. The fourth-order valence-corrected chi connectivity index (χ4v) is 8.83. The molecule has 2 bridgehead atoms. The highest BCUT2D eigenvalue weighted by molar-refractivity contribution is 9.10. The van der Waals surface area contributed by atoms with E-state index < -0.39 is 16.1 Å². The van der Waals surface area contributed by atoms with Crippen LogP contribution in [-0.2, 0) is 14.2 Å². The molecular formula is C36H50BBrN6O3Si2. The van der Waals surface area contributed by atoms with Crippen LogP contribution in [0.2, 0.25) is 51.4 Å². The number of pyridine rings is 1. The van der Waals surface area contributed by atoms with Gasteiger partial charge in [0, 0.05) is 70.3 Å². The first kappa shape index (κ1) is 36.4. The van der Waals surface area contributed by atoms with Crippen LogP contribution in [0.4, 0.5) is 5.82 Å². The molecule has 2 saturated heterocycles. The number of ether oxygens (including phenoxy) is 3. The first-order chi connectivity index (χ1) is 23.4. The minimum Gasteiger partial charge on any atom is -0.378 e. The lowest BCUT2D eigenvalue weighted by Gasteiger charge is -2.47. The largest absolute Gasteiger partial charge is 0.378 e. The van der Waals surface area contributed by atoms with Crippen molar-refractivity contribution >= 4 is 51.5 Å². The molecule has 0 amide bonds. The highest BCUT2D eigenvalue weighted by Gasteiger charge is 2.39. The maximum atomic E-state index is 6.53. The molecule has 2 radical (unpaired) electrons. The van der Waals surface area contributed by atoms with Gasteiger partial charge in [0.2, 0.25) is 0 Å². The summed E-state index contributed by atoms with van der Waals surface area (Å²) < 4.78 is 21.6. The number of aromatic nitrogens is 4. The normalized spacial score (nSPS) is 20.2. The van der Waals surface area contributed by atoms with Crippen molar-refractivity contribution in [3.63, 3.8) is 0 Å². The van der Waals surface area contributed by atoms with Crippen molar-refractivity contribution in [3.05, 3.63) is 65.0 Å². The standard InChI is InChI=1S/C36H50BBrN6O3Si2/c1-48(2,3)16-14-45-24-42(25-46-15-17-49(4,5)6)36-33(38)34(28-18-29-22-47-23-30(19-28)43(29)37)41-35-31(21-40-44(35)36)27-12-13-32(39-20-27)26-10-8-7-9-11-26/h7-13,20-21,28-30H,14-19,22-25H2,1-6H3. The van der Waals surface area contributed by atoms with Gasteiger partial charge in [0.15, 0.2) is 19.4 Å². The summed E-state index contributed by atoms with van der Waals surface area (Å²) in [6.45, 7) is 17.7. The first-order valence-electron chi connectivity index (χ1n) is 17.5. The second-order valence-corrected chi connectivity index (χ2v) is 28.0. The minimum absolute atomic E-state index is 0.149. The van der Waals surface area contributed by atoms with E-state index in [0.717, 1.165) is 68.9 Å². The fraction of sp³-hybridized carbons (Fsp3) is 0.528. The topological polar surface area (TPSA) is 77.2 Å². The lowest BCUT2D eigenvalue weighted by Crippen LogP contribution is -2.55. The summed E-state index contributed by atoms with van der Waals surface area (Å²) >= 11 is 4.07. The average Bonchev–Trinajstić information content (AvgIpc) is 3.47. The van der Waals surface area contributed by atoms with Crippen LogP contribution < -0.4 is 4.90 Å². The number of rotatable bonds is 14. The van der Waals surface area contributed by atoms with Crippen LogP contribution in [0.3, 0.4) is 0 Å². The monoisotopic (exact) mass is 760 g/mol. The first-order valence-corrected chi connectivity index (χ1v) is 25.7. The molecule has 2 fully saturated rings. The van der Waals surface area contributed by atoms with Gasteiger partial charge in [0.1, 0.15) is 13.5 Å². The molecule has 49 heavy (non-hydrogen) atoms. The summed E-state index contributed by atoms with van der Waals surface area (Å²) in [6, 6.07) is 16.9. The Morgan fingerprint density at radius 3 is 2.08 bits per heavy atom. The van der Waals surface area contributed by atoms with Gasteiger partial charge in [-0.15, -0.1) is 0 Å². The van der Waals surface area contributed by atoms with Crippen LogP contribution in [0.1, 0.15) is 24.5 Å². The van der Waals surface area contributed by atoms with E-state index >= 15 is 0 Å². The molecule has 13 heteroatoms. The van der Waals surface area contributed by atoms with Gasteiger partial charge in [-0.3, -0.25) is 4.98 Å². The molecule has 5 heterocycles. The number of halogens is 1. The zero-order chi connectivity index (χ0) is 34.8. The van der Waals surface area contributed by atoms with E-state index in [-0.39, 0.29) is 18.0 Å². The summed E-state index contributed by atoms with van der Waals surface area (Å²) in [5.41, 5.74) is 5.71. The van der Waals surface area contributed by atoms with Gasteiger partial charge in [0.25, 0.3) is 0 Å². The van der Waals surface area contributed by atoms with Crippen LogP contribution in [-0.4, -0.2) is 100 Å². The van der Waals surface area contributed by atoms with Crippen molar-refractivity contribution in [1.82, 2.24) is 24.4 Å².